The topological polar surface area (TPSA) is 29.5 Å². The zero-order valence-corrected chi connectivity index (χ0v) is 21.7. The van der Waals surface area contributed by atoms with Crippen LogP contribution in [0.2, 0.25) is 28.2 Å². The van der Waals surface area contributed by atoms with Gasteiger partial charge in [-0.25, -0.2) is 0 Å². The molecule has 2 fully saturated rings. The van der Waals surface area contributed by atoms with Crippen LogP contribution in [0.25, 0.3) is 0 Å². The average Bonchev–Trinajstić information content (AvgIpc) is 3.02. The highest BCUT2D eigenvalue weighted by molar-refractivity contribution is 6.74. The van der Waals surface area contributed by atoms with Crippen LogP contribution in [0.15, 0.2) is 18.2 Å². The number of carbonyl (C=O) groups excluding carboxylic acids is 1. The van der Waals surface area contributed by atoms with E-state index in [1.165, 1.54) is 0 Å². The van der Waals surface area contributed by atoms with E-state index in [1.807, 2.05) is 12.1 Å². The fraction of sp³-hybridized carbons (Fsp3) is 0.708. The summed E-state index contributed by atoms with van der Waals surface area (Å²) in [6, 6.07) is 5.97. The smallest absolute Gasteiger partial charge is 0.226 e. The molecule has 1 saturated carbocycles. The van der Waals surface area contributed by atoms with Gasteiger partial charge in [-0.1, -0.05) is 50.0 Å². The Kier molecular flexibility index (Phi) is 7.65. The first-order valence-electron chi connectivity index (χ1n) is 11.4. The van der Waals surface area contributed by atoms with Gasteiger partial charge in [0.15, 0.2) is 8.32 Å². The monoisotopic (exact) mass is 469 g/mol. The number of halogens is 2. The third-order valence-corrected chi connectivity index (χ3v) is 12.7. The van der Waals surface area contributed by atoms with Crippen molar-refractivity contribution in [1.82, 2.24) is 4.90 Å². The van der Waals surface area contributed by atoms with Crippen LogP contribution in [0, 0.1) is 11.8 Å². The van der Waals surface area contributed by atoms with Gasteiger partial charge in [-0.05, 0) is 80.3 Å². The van der Waals surface area contributed by atoms with Gasteiger partial charge in [0.1, 0.15) is 0 Å². The normalized spacial score (nSPS) is 25.8. The molecule has 3 rings (SSSR count). The number of hydrogen-bond acceptors (Lipinski definition) is 2. The molecule has 2 aliphatic rings. The summed E-state index contributed by atoms with van der Waals surface area (Å²) in [5.41, 5.74) is 1.02. The third kappa shape index (κ3) is 5.62. The number of benzene rings is 1. The van der Waals surface area contributed by atoms with Gasteiger partial charge in [0.2, 0.25) is 5.91 Å². The molecule has 1 aliphatic heterocycles. The lowest BCUT2D eigenvalue weighted by atomic mass is 9.86. The molecule has 0 bridgehead atoms. The van der Waals surface area contributed by atoms with Gasteiger partial charge in [0.25, 0.3) is 0 Å². The molecule has 6 heteroatoms. The molecule has 1 amide bonds. The SMILES string of the molecule is CC(C)(C)[Si](C)(C)OCC1CCC(N2CCC(Cc3ccc(Cl)cc3Cl)C2=O)CC1. The summed E-state index contributed by atoms with van der Waals surface area (Å²) in [6.07, 6.45) is 6.16. The molecule has 0 N–H and O–H groups in total. The van der Waals surface area contributed by atoms with E-state index in [0.29, 0.717) is 34.3 Å². The minimum absolute atomic E-state index is 0.0447. The van der Waals surface area contributed by atoms with Crippen LogP contribution in [-0.4, -0.2) is 38.3 Å². The van der Waals surface area contributed by atoms with Crippen LogP contribution in [0.5, 0.6) is 0 Å². The fourth-order valence-corrected chi connectivity index (χ4v) is 6.00. The van der Waals surface area contributed by atoms with E-state index in [4.69, 9.17) is 27.6 Å². The Labute approximate surface area is 193 Å². The largest absolute Gasteiger partial charge is 0.417 e. The Morgan fingerprint density at radius 3 is 2.37 bits per heavy atom. The summed E-state index contributed by atoms with van der Waals surface area (Å²) in [5, 5.41) is 1.56. The molecule has 0 radical (unpaired) electrons. The Morgan fingerprint density at radius 2 is 1.77 bits per heavy atom. The molecule has 1 aromatic carbocycles. The van der Waals surface area contributed by atoms with Crippen LogP contribution in [-0.2, 0) is 15.6 Å². The second kappa shape index (κ2) is 9.52. The lowest BCUT2D eigenvalue weighted by molar-refractivity contribution is -0.133. The van der Waals surface area contributed by atoms with E-state index >= 15 is 0 Å². The van der Waals surface area contributed by atoms with Gasteiger partial charge in [-0.15, -0.1) is 0 Å². The van der Waals surface area contributed by atoms with Crippen LogP contribution in [0.4, 0.5) is 0 Å². The minimum atomic E-state index is -1.68. The summed E-state index contributed by atoms with van der Waals surface area (Å²) in [7, 11) is -1.68. The van der Waals surface area contributed by atoms with Crippen LogP contribution in [0.1, 0.15) is 58.4 Å². The van der Waals surface area contributed by atoms with Gasteiger partial charge in [-0.3, -0.25) is 4.79 Å². The molecule has 0 aromatic heterocycles. The summed E-state index contributed by atoms with van der Waals surface area (Å²) in [4.78, 5) is 15.2. The van der Waals surface area contributed by atoms with Gasteiger partial charge in [-0.2, -0.15) is 0 Å². The lowest BCUT2D eigenvalue weighted by Crippen LogP contribution is -2.43. The van der Waals surface area contributed by atoms with Crippen molar-refractivity contribution in [2.45, 2.75) is 83.5 Å². The van der Waals surface area contributed by atoms with Crippen molar-refractivity contribution >= 4 is 37.4 Å². The first-order valence-corrected chi connectivity index (χ1v) is 15.0. The first kappa shape index (κ1) is 24.1. The molecule has 1 heterocycles. The second-order valence-corrected chi connectivity index (χ2v) is 16.4. The van der Waals surface area contributed by atoms with Crippen molar-refractivity contribution in [2.24, 2.45) is 11.8 Å². The molecule has 1 atom stereocenters. The third-order valence-electron chi connectivity index (χ3n) is 7.58. The standard InChI is InChI=1S/C24H37Cl2NO2Si/c1-24(2,3)30(4,5)29-16-17-6-10-21(11-7-17)27-13-12-19(23(27)28)14-18-8-9-20(25)15-22(18)26/h8-9,15,17,19,21H,6-7,10-14,16H2,1-5H3. The summed E-state index contributed by atoms with van der Waals surface area (Å²) in [5.74, 6) is 0.988. The highest BCUT2D eigenvalue weighted by atomic mass is 35.5. The highest BCUT2D eigenvalue weighted by Crippen LogP contribution is 2.38. The van der Waals surface area contributed by atoms with Crippen LogP contribution in [0.3, 0.4) is 0 Å². The maximum Gasteiger partial charge on any atom is 0.226 e. The summed E-state index contributed by atoms with van der Waals surface area (Å²) < 4.78 is 6.45. The van der Waals surface area contributed by atoms with Crippen molar-refractivity contribution < 1.29 is 9.22 Å². The van der Waals surface area contributed by atoms with E-state index < -0.39 is 8.32 Å². The van der Waals surface area contributed by atoms with Gasteiger partial charge >= 0.3 is 0 Å². The lowest BCUT2D eigenvalue weighted by Gasteiger charge is -2.39. The van der Waals surface area contributed by atoms with Crippen molar-refractivity contribution in [1.29, 1.82) is 0 Å². The number of carbonyl (C=O) groups is 1. The Balaban J connectivity index is 1.49. The minimum Gasteiger partial charge on any atom is -0.417 e. The Morgan fingerprint density at radius 1 is 1.10 bits per heavy atom. The van der Waals surface area contributed by atoms with Gasteiger partial charge in [0.05, 0.1) is 0 Å². The first-order chi connectivity index (χ1) is 14.0. The number of nitrogens with zero attached hydrogens (tertiary/aromatic N) is 1. The van der Waals surface area contributed by atoms with E-state index in [0.717, 1.165) is 50.8 Å². The molecular weight excluding hydrogens is 433 g/mol. The summed E-state index contributed by atoms with van der Waals surface area (Å²) in [6.45, 7) is 13.3. The van der Waals surface area contributed by atoms with Crippen molar-refractivity contribution in [3.8, 4) is 0 Å². The van der Waals surface area contributed by atoms with E-state index in [-0.39, 0.29) is 11.0 Å². The predicted octanol–water partition coefficient (Wildman–Crippen LogP) is 6.97. The Bertz CT molecular complexity index is 754. The molecule has 1 aromatic rings. The zero-order chi connectivity index (χ0) is 22.1. The predicted molar refractivity (Wildman–Crippen MR) is 129 cm³/mol. The molecule has 1 aliphatic carbocycles. The highest BCUT2D eigenvalue weighted by Gasteiger charge is 2.40. The maximum absolute atomic E-state index is 13.1. The van der Waals surface area contributed by atoms with Crippen LogP contribution >= 0.6 is 23.2 Å². The number of likely N-dealkylation sites (tertiary alicyclic amines) is 1. The molecule has 30 heavy (non-hydrogen) atoms. The molecular formula is C24H37Cl2NO2Si. The van der Waals surface area contributed by atoms with Gasteiger partial charge in [0, 0.05) is 35.2 Å². The van der Waals surface area contributed by atoms with Gasteiger partial charge < -0.3 is 9.33 Å². The molecule has 3 nitrogen and oxygen atoms in total. The molecule has 1 saturated heterocycles. The van der Waals surface area contributed by atoms with Crippen molar-refractivity contribution in [2.75, 3.05) is 13.2 Å². The molecule has 0 spiro atoms. The van der Waals surface area contributed by atoms with Crippen molar-refractivity contribution in [3.63, 3.8) is 0 Å². The van der Waals surface area contributed by atoms with Crippen molar-refractivity contribution in [3.05, 3.63) is 33.8 Å². The fourth-order valence-electron chi connectivity index (χ4n) is 4.43. The van der Waals surface area contributed by atoms with E-state index in [1.54, 1.807) is 6.07 Å². The quantitative estimate of drug-likeness (QED) is 0.421. The second-order valence-electron chi connectivity index (χ2n) is 10.7. The number of hydrogen-bond donors (Lipinski definition) is 0. The zero-order valence-electron chi connectivity index (χ0n) is 19.1. The number of rotatable bonds is 6. The molecule has 168 valence electrons. The van der Waals surface area contributed by atoms with Crippen LogP contribution < -0.4 is 0 Å². The van der Waals surface area contributed by atoms with E-state index in [2.05, 4.69) is 38.8 Å². The maximum atomic E-state index is 13.1. The number of amides is 1. The average molecular weight is 471 g/mol. The molecule has 1 unspecified atom stereocenters. The summed E-state index contributed by atoms with van der Waals surface area (Å²) >= 11 is 12.3. The van der Waals surface area contributed by atoms with E-state index in [9.17, 15) is 4.79 Å². The Hall–Kier alpha value is -0.553.